The zero-order valence-corrected chi connectivity index (χ0v) is 9.39. The van der Waals surface area contributed by atoms with Crippen molar-refractivity contribution in [2.45, 2.75) is 27.2 Å². The molecular formula is C11H23NO. The van der Waals surface area contributed by atoms with E-state index < -0.39 is 0 Å². The molecule has 0 fully saturated rings. The van der Waals surface area contributed by atoms with Gasteiger partial charge in [-0.3, -0.25) is 0 Å². The summed E-state index contributed by atoms with van der Waals surface area (Å²) in [4.78, 5) is 0. The largest absolute Gasteiger partial charge is 0.384 e. The molecule has 0 aromatic heterocycles. The van der Waals surface area contributed by atoms with Crippen LogP contribution >= 0.6 is 0 Å². The lowest BCUT2D eigenvalue weighted by Crippen LogP contribution is -2.17. The molecule has 0 saturated heterocycles. The van der Waals surface area contributed by atoms with Gasteiger partial charge >= 0.3 is 0 Å². The van der Waals surface area contributed by atoms with Crippen molar-refractivity contribution in [2.24, 2.45) is 5.92 Å². The molecule has 0 heterocycles. The second-order valence-electron chi connectivity index (χ2n) is 3.62. The third-order valence-corrected chi connectivity index (χ3v) is 1.83. The second kappa shape index (κ2) is 8.27. The lowest BCUT2D eigenvalue weighted by molar-refractivity contribution is 0.176. The summed E-state index contributed by atoms with van der Waals surface area (Å²) in [7, 11) is 1.75. The molecule has 0 amide bonds. The Labute approximate surface area is 82.4 Å². The molecule has 0 aliphatic rings. The molecular weight excluding hydrogens is 162 g/mol. The van der Waals surface area contributed by atoms with E-state index in [4.69, 9.17) is 4.74 Å². The molecule has 0 bridgehead atoms. The van der Waals surface area contributed by atoms with E-state index in [1.165, 1.54) is 12.0 Å². The van der Waals surface area contributed by atoms with Gasteiger partial charge in [-0.15, -0.1) is 0 Å². The van der Waals surface area contributed by atoms with Gasteiger partial charge in [-0.1, -0.05) is 25.5 Å². The summed E-state index contributed by atoms with van der Waals surface area (Å²) in [5.74, 6) is 0.522. The molecule has 1 N–H and O–H groups in total. The van der Waals surface area contributed by atoms with Gasteiger partial charge < -0.3 is 10.1 Å². The molecule has 0 aliphatic heterocycles. The predicted molar refractivity (Wildman–Crippen MR) is 58.0 cm³/mol. The van der Waals surface area contributed by atoms with Crippen LogP contribution in [0.4, 0.5) is 0 Å². The lowest BCUT2D eigenvalue weighted by atomic mass is 10.1. The fourth-order valence-electron chi connectivity index (χ4n) is 1.32. The summed E-state index contributed by atoms with van der Waals surface area (Å²) in [6, 6.07) is 0. The highest BCUT2D eigenvalue weighted by Crippen LogP contribution is 2.02. The summed E-state index contributed by atoms with van der Waals surface area (Å²) < 4.78 is 5.07. The number of hydrogen-bond donors (Lipinski definition) is 1. The van der Waals surface area contributed by atoms with Crippen LogP contribution in [0.25, 0.3) is 0 Å². The maximum Gasteiger partial charge on any atom is 0.0522 e. The van der Waals surface area contributed by atoms with Gasteiger partial charge in [-0.2, -0.15) is 0 Å². The monoisotopic (exact) mass is 185 g/mol. The van der Waals surface area contributed by atoms with Crippen molar-refractivity contribution in [3.63, 3.8) is 0 Å². The van der Waals surface area contributed by atoms with Gasteiger partial charge in [0.15, 0.2) is 0 Å². The van der Waals surface area contributed by atoms with Crippen LogP contribution in [0.5, 0.6) is 0 Å². The molecule has 13 heavy (non-hydrogen) atoms. The van der Waals surface area contributed by atoms with E-state index in [-0.39, 0.29) is 0 Å². The van der Waals surface area contributed by atoms with Gasteiger partial charge in [0.2, 0.25) is 0 Å². The third kappa shape index (κ3) is 8.00. The molecule has 1 unspecified atom stereocenters. The Hall–Kier alpha value is -0.340. The maximum absolute atomic E-state index is 5.07. The average molecular weight is 185 g/mol. The number of nitrogens with one attached hydrogen (secondary N) is 1. The van der Waals surface area contributed by atoms with Gasteiger partial charge in [0, 0.05) is 13.7 Å². The van der Waals surface area contributed by atoms with E-state index in [1.54, 1.807) is 7.11 Å². The summed E-state index contributed by atoms with van der Waals surface area (Å²) in [5.41, 5.74) is 1.40. The van der Waals surface area contributed by atoms with Crippen LogP contribution < -0.4 is 5.32 Å². The fraction of sp³-hybridized carbons (Fsp3) is 0.818. The lowest BCUT2D eigenvalue weighted by Gasteiger charge is -2.08. The number of ether oxygens (including phenoxy) is 1. The highest BCUT2D eigenvalue weighted by molar-refractivity contribution is 5.02. The highest BCUT2D eigenvalue weighted by Gasteiger charge is 1.97. The number of rotatable bonds is 7. The van der Waals surface area contributed by atoms with Crippen molar-refractivity contribution < 1.29 is 4.74 Å². The standard InChI is InChI=1S/C11H23NO/c1-5-6-12-8-10(2)7-11(3)9-13-4/h7,11-12H,5-6,8-9H2,1-4H3. The fourth-order valence-corrected chi connectivity index (χ4v) is 1.32. The molecule has 0 rings (SSSR count). The molecule has 0 aliphatic carbocycles. The molecule has 78 valence electrons. The van der Waals surface area contributed by atoms with E-state index in [1.807, 2.05) is 0 Å². The first-order chi connectivity index (χ1) is 6.20. The van der Waals surface area contributed by atoms with E-state index in [9.17, 15) is 0 Å². The van der Waals surface area contributed by atoms with E-state index in [0.29, 0.717) is 5.92 Å². The van der Waals surface area contributed by atoms with Crippen LogP contribution in [-0.2, 0) is 4.74 Å². The first kappa shape index (κ1) is 12.7. The minimum atomic E-state index is 0.522. The molecule has 2 heteroatoms. The van der Waals surface area contributed by atoms with Gasteiger partial charge in [-0.25, -0.2) is 0 Å². The van der Waals surface area contributed by atoms with Crippen LogP contribution in [0.2, 0.25) is 0 Å². The molecule has 0 spiro atoms. The Balaban J connectivity index is 3.60. The van der Waals surface area contributed by atoms with E-state index in [0.717, 1.165) is 19.7 Å². The molecule has 0 saturated carbocycles. The Kier molecular flexibility index (Phi) is 8.05. The van der Waals surface area contributed by atoms with E-state index in [2.05, 4.69) is 32.2 Å². The van der Waals surface area contributed by atoms with Crippen LogP contribution in [0.3, 0.4) is 0 Å². The quantitative estimate of drug-likeness (QED) is 0.485. The van der Waals surface area contributed by atoms with Gasteiger partial charge in [0.1, 0.15) is 0 Å². The normalized spacial score (nSPS) is 14.6. The molecule has 1 atom stereocenters. The Bertz CT molecular complexity index is 143. The Morgan fingerprint density at radius 3 is 2.77 bits per heavy atom. The van der Waals surface area contributed by atoms with Gasteiger partial charge in [0.25, 0.3) is 0 Å². The third-order valence-electron chi connectivity index (χ3n) is 1.83. The summed E-state index contributed by atoms with van der Waals surface area (Å²) in [6.45, 7) is 9.43. The minimum absolute atomic E-state index is 0.522. The summed E-state index contributed by atoms with van der Waals surface area (Å²) >= 11 is 0. The van der Waals surface area contributed by atoms with Crippen LogP contribution in [0.1, 0.15) is 27.2 Å². The molecule has 0 aromatic carbocycles. The minimum Gasteiger partial charge on any atom is -0.384 e. The van der Waals surface area contributed by atoms with Gasteiger partial charge in [-0.05, 0) is 25.8 Å². The predicted octanol–water partition coefficient (Wildman–Crippen LogP) is 2.21. The van der Waals surface area contributed by atoms with Crippen molar-refractivity contribution in [1.29, 1.82) is 0 Å². The Morgan fingerprint density at radius 1 is 1.54 bits per heavy atom. The first-order valence-electron chi connectivity index (χ1n) is 5.07. The SMILES string of the molecule is CCCNCC(C)=CC(C)COC. The number of methoxy groups -OCH3 is 1. The van der Waals surface area contributed by atoms with Crippen molar-refractivity contribution in [3.05, 3.63) is 11.6 Å². The maximum atomic E-state index is 5.07. The van der Waals surface area contributed by atoms with E-state index >= 15 is 0 Å². The smallest absolute Gasteiger partial charge is 0.0522 e. The van der Waals surface area contributed by atoms with Crippen molar-refractivity contribution >= 4 is 0 Å². The highest BCUT2D eigenvalue weighted by atomic mass is 16.5. The topological polar surface area (TPSA) is 21.3 Å². The Morgan fingerprint density at radius 2 is 2.23 bits per heavy atom. The number of hydrogen-bond acceptors (Lipinski definition) is 2. The first-order valence-corrected chi connectivity index (χ1v) is 5.07. The van der Waals surface area contributed by atoms with Crippen LogP contribution in [0, 0.1) is 5.92 Å². The van der Waals surface area contributed by atoms with Crippen LogP contribution in [-0.4, -0.2) is 26.8 Å². The van der Waals surface area contributed by atoms with Crippen molar-refractivity contribution in [2.75, 3.05) is 26.8 Å². The second-order valence-corrected chi connectivity index (χ2v) is 3.62. The zero-order valence-electron chi connectivity index (χ0n) is 9.39. The van der Waals surface area contributed by atoms with Gasteiger partial charge in [0.05, 0.1) is 6.61 Å². The van der Waals surface area contributed by atoms with Crippen molar-refractivity contribution in [3.8, 4) is 0 Å². The zero-order chi connectivity index (χ0) is 10.1. The van der Waals surface area contributed by atoms with Crippen molar-refractivity contribution in [1.82, 2.24) is 5.32 Å². The van der Waals surface area contributed by atoms with Crippen LogP contribution in [0.15, 0.2) is 11.6 Å². The molecule has 0 aromatic rings. The summed E-state index contributed by atoms with van der Waals surface area (Å²) in [6.07, 6.45) is 3.47. The molecule has 0 radical (unpaired) electrons. The summed E-state index contributed by atoms with van der Waals surface area (Å²) in [5, 5.41) is 3.37. The average Bonchev–Trinajstić information content (AvgIpc) is 2.05. The molecule has 2 nitrogen and oxygen atoms in total.